The van der Waals surface area contributed by atoms with Gasteiger partial charge in [0.2, 0.25) is 11.8 Å². The number of hydrogen-bond donors (Lipinski definition) is 2. The first-order valence-electron chi connectivity index (χ1n) is 9.28. The summed E-state index contributed by atoms with van der Waals surface area (Å²) in [5, 5.41) is 4.04. The number of carbonyl (C=O) groups excluding carboxylic acids is 2. The van der Waals surface area contributed by atoms with Crippen LogP contribution in [-0.4, -0.2) is 27.7 Å². The Balaban J connectivity index is 1.57. The second kappa shape index (κ2) is 6.91. The number of H-pyrrole nitrogens is 1. The van der Waals surface area contributed by atoms with Crippen LogP contribution in [0.15, 0.2) is 60.8 Å². The smallest absolute Gasteiger partial charge is 0.247 e. The highest BCUT2D eigenvalue weighted by atomic mass is 16.2. The molecule has 0 unspecified atom stereocenters. The molecule has 2 atom stereocenters. The topological polar surface area (TPSA) is 65.2 Å². The molecule has 1 aromatic heterocycles. The highest BCUT2D eigenvalue weighted by Gasteiger charge is 2.45. The lowest BCUT2D eigenvalue weighted by Gasteiger charge is -2.46. The lowest BCUT2D eigenvalue weighted by atomic mass is 9.88. The first kappa shape index (κ1) is 17.3. The Morgan fingerprint density at radius 3 is 2.63 bits per heavy atom. The average Bonchev–Trinajstić information content (AvgIpc) is 3.12. The fraction of sp³-hybridized carbons (Fsp3) is 0.273. The van der Waals surface area contributed by atoms with Crippen LogP contribution in [0.25, 0.3) is 10.9 Å². The monoisotopic (exact) mass is 361 g/mol. The zero-order valence-electron chi connectivity index (χ0n) is 15.5. The van der Waals surface area contributed by atoms with Gasteiger partial charge in [0, 0.05) is 22.8 Å². The molecule has 1 aliphatic heterocycles. The second-order valence-corrected chi connectivity index (χ2v) is 7.39. The van der Waals surface area contributed by atoms with Crippen molar-refractivity contribution in [2.45, 2.75) is 32.4 Å². The Labute approximate surface area is 158 Å². The predicted molar refractivity (Wildman–Crippen MR) is 106 cm³/mol. The minimum atomic E-state index is -0.502. The van der Waals surface area contributed by atoms with E-state index in [-0.39, 0.29) is 23.8 Å². The van der Waals surface area contributed by atoms with Crippen LogP contribution >= 0.6 is 0 Å². The van der Waals surface area contributed by atoms with E-state index in [4.69, 9.17) is 0 Å². The van der Waals surface area contributed by atoms with Crippen molar-refractivity contribution in [1.82, 2.24) is 9.88 Å². The summed E-state index contributed by atoms with van der Waals surface area (Å²) in [6.07, 6.45) is 2.33. The molecule has 2 aromatic carbocycles. The predicted octanol–water partition coefficient (Wildman–Crippen LogP) is 4.10. The van der Waals surface area contributed by atoms with Gasteiger partial charge in [-0.3, -0.25) is 9.59 Å². The molecule has 4 rings (SSSR count). The van der Waals surface area contributed by atoms with E-state index in [0.29, 0.717) is 6.42 Å². The lowest BCUT2D eigenvalue weighted by molar-refractivity contribution is -0.156. The standard InChI is InChI=1S/C22H23N3O2/c1-14(2)21(25-19(13-20(25)26)15-6-4-3-5-7-15)22(27)24-17-8-9-18-16(12-17)10-11-23-18/h3-12,14,19,21,23H,13H2,1-2H3,(H,24,27)/t19-,21-/m0/s1. The van der Waals surface area contributed by atoms with Crippen molar-refractivity contribution in [1.29, 1.82) is 0 Å². The Morgan fingerprint density at radius 2 is 1.93 bits per heavy atom. The Kier molecular flexibility index (Phi) is 4.44. The Morgan fingerprint density at radius 1 is 1.15 bits per heavy atom. The molecule has 3 aromatic rings. The van der Waals surface area contributed by atoms with Gasteiger partial charge in [0.15, 0.2) is 0 Å². The molecule has 0 spiro atoms. The van der Waals surface area contributed by atoms with E-state index < -0.39 is 6.04 Å². The zero-order chi connectivity index (χ0) is 19.0. The van der Waals surface area contributed by atoms with Crippen molar-refractivity contribution < 1.29 is 9.59 Å². The molecule has 1 saturated heterocycles. The SMILES string of the molecule is CC(C)[C@@H](C(=O)Nc1ccc2[nH]ccc2c1)N1C(=O)C[C@H]1c1ccccc1. The molecule has 5 nitrogen and oxygen atoms in total. The van der Waals surface area contributed by atoms with Crippen LogP contribution in [0.5, 0.6) is 0 Å². The Hall–Kier alpha value is -3.08. The number of fused-ring (bicyclic) bond motifs is 1. The molecule has 0 bridgehead atoms. The number of anilines is 1. The van der Waals surface area contributed by atoms with Gasteiger partial charge in [-0.05, 0) is 35.7 Å². The van der Waals surface area contributed by atoms with Crippen LogP contribution < -0.4 is 5.32 Å². The normalized spacial score (nSPS) is 17.8. The Bertz CT molecular complexity index is 977. The highest BCUT2D eigenvalue weighted by Crippen LogP contribution is 2.38. The van der Waals surface area contributed by atoms with Gasteiger partial charge in [-0.15, -0.1) is 0 Å². The number of benzene rings is 2. The molecule has 0 radical (unpaired) electrons. The maximum absolute atomic E-state index is 13.1. The van der Waals surface area contributed by atoms with Crippen molar-refractivity contribution in [2.24, 2.45) is 5.92 Å². The highest BCUT2D eigenvalue weighted by molar-refractivity contribution is 6.00. The number of nitrogens with zero attached hydrogens (tertiary/aromatic N) is 1. The van der Waals surface area contributed by atoms with Crippen LogP contribution in [0.3, 0.4) is 0 Å². The summed E-state index contributed by atoms with van der Waals surface area (Å²) in [5.74, 6) is -0.107. The molecule has 2 heterocycles. The molecule has 5 heteroatoms. The van der Waals surface area contributed by atoms with Gasteiger partial charge in [-0.25, -0.2) is 0 Å². The number of likely N-dealkylation sites (tertiary alicyclic amines) is 1. The van der Waals surface area contributed by atoms with Crippen LogP contribution in [0.1, 0.15) is 31.9 Å². The van der Waals surface area contributed by atoms with Crippen molar-refractivity contribution in [3.8, 4) is 0 Å². The summed E-state index contributed by atoms with van der Waals surface area (Å²) in [6.45, 7) is 3.96. The molecule has 1 fully saturated rings. The maximum Gasteiger partial charge on any atom is 0.247 e. The van der Waals surface area contributed by atoms with Crippen molar-refractivity contribution in [3.05, 3.63) is 66.4 Å². The van der Waals surface area contributed by atoms with Gasteiger partial charge in [0.25, 0.3) is 0 Å². The summed E-state index contributed by atoms with van der Waals surface area (Å²) in [6, 6.07) is 17.1. The average molecular weight is 361 g/mol. The first-order valence-corrected chi connectivity index (χ1v) is 9.28. The van der Waals surface area contributed by atoms with E-state index in [1.807, 2.05) is 74.6 Å². The van der Waals surface area contributed by atoms with E-state index in [9.17, 15) is 9.59 Å². The first-order chi connectivity index (χ1) is 13.0. The molecule has 2 N–H and O–H groups in total. The van der Waals surface area contributed by atoms with E-state index >= 15 is 0 Å². The molecule has 27 heavy (non-hydrogen) atoms. The largest absolute Gasteiger partial charge is 0.361 e. The number of nitrogens with one attached hydrogen (secondary N) is 2. The quantitative estimate of drug-likeness (QED) is 0.672. The summed E-state index contributed by atoms with van der Waals surface area (Å²) in [4.78, 5) is 30.4. The van der Waals surface area contributed by atoms with Gasteiger partial charge in [-0.1, -0.05) is 44.2 Å². The number of hydrogen-bond acceptors (Lipinski definition) is 2. The van der Waals surface area contributed by atoms with E-state index in [0.717, 1.165) is 22.2 Å². The third kappa shape index (κ3) is 3.21. The number of amides is 2. The summed E-state index contributed by atoms with van der Waals surface area (Å²) in [7, 11) is 0. The van der Waals surface area contributed by atoms with Crippen LogP contribution in [0.2, 0.25) is 0 Å². The number of carbonyl (C=O) groups is 2. The maximum atomic E-state index is 13.1. The molecule has 138 valence electrons. The molecular weight excluding hydrogens is 338 g/mol. The van der Waals surface area contributed by atoms with E-state index in [1.54, 1.807) is 4.90 Å². The fourth-order valence-corrected chi connectivity index (χ4v) is 3.83. The van der Waals surface area contributed by atoms with Crippen LogP contribution in [-0.2, 0) is 9.59 Å². The minimum absolute atomic E-state index is 0.0106. The molecule has 2 amide bonds. The van der Waals surface area contributed by atoms with Crippen LogP contribution in [0, 0.1) is 5.92 Å². The van der Waals surface area contributed by atoms with E-state index in [1.165, 1.54) is 0 Å². The second-order valence-electron chi connectivity index (χ2n) is 7.39. The fourth-order valence-electron chi connectivity index (χ4n) is 3.83. The molecule has 1 aliphatic rings. The third-order valence-electron chi connectivity index (χ3n) is 5.20. The summed E-state index contributed by atoms with van der Waals surface area (Å²) >= 11 is 0. The van der Waals surface area contributed by atoms with Crippen molar-refractivity contribution >= 4 is 28.4 Å². The van der Waals surface area contributed by atoms with Crippen LogP contribution in [0.4, 0.5) is 5.69 Å². The van der Waals surface area contributed by atoms with Crippen molar-refractivity contribution in [3.63, 3.8) is 0 Å². The van der Waals surface area contributed by atoms with Crippen molar-refractivity contribution in [2.75, 3.05) is 5.32 Å². The number of aromatic amines is 1. The van der Waals surface area contributed by atoms with Gasteiger partial charge >= 0.3 is 0 Å². The number of aromatic nitrogens is 1. The number of β-lactam (4-membered cyclic amide) rings is 1. The molecule has 0 aliphatic carbocycles. The minimum Gasteiger partial charge on any atom is -0.361 e. The van der Waals surface area contributed by atoms with E-state index in [2.05, 4.69) is 10.3 Å². The number of rotatable bonds is 5. The zero-order valence-corrected chi connectivity index (χ0v) is 15.5. The lowest BCUT2D eigenvalue weighted by Crippen LogP contribution is -2.58. The molecular formula is C22H23N3O2. The van der Waals surface area contributed by atoms with Gasteiger partial charge < -0.3 is 15.2 Å². The molecule has 0 saturated carbocycles. The summed E-state index contributed by atoms with van der Waals surface area (Å²) < 4.78 is 0. The third-order valence-corrected chi connectivity index (χ3v) is 5.20. The van der Waals surface area contributed by atoms with Gasteiger partial charge in [0.05, 0.1) is 12.5 Å². The van der Waals surface area contributed by atoms with Gasteiger partial charge in [-0.2, -0.15) is 0 Å². The summed E-state index contributed by atoms with van der Waals surface area (Å²) in [5.41, 5.74) is 2.83. The van der Waals surface area contributed by atoms with Gasteiger partial charge in [0.1, 0.15) is 6.04 Å².